The lowest BCUT2D eigenvalue weighted by Gasteiger charge is -2.11. The summed E-state index contributed by atoms with van der Waals surface area (Å²) >= 11 is 3.34. The first kappa shape index (κ1) is 18.0. The van der Waals surface area contributed by atoms with Crippen LogP contribution in [0, 0.1) is 11.3 Å². The predicted molar refractivity (Wildman–Crippen MR) is 94.5 cm³/mol. The minimum atomic E-state index is -3.88. The maximum atomic E-state index is 12.6. The van der Waals surface area contributed by atoms with E-state index in [1.165, 1.54) is 32.4 Å². The molecule has 0 aliphatic heterocycles. The highest BCUT2D eigenvalue weighted by molar-refractivity contribution is 9.10. The van der Waals surface area contributed by atoms with E-state index < -0.39 is 9.84 Å². The van der Waals surface area contributed by atoms with Crippen LogP contribution in [0.25, 0.3) is 6.08 Å². The monoisotopic (exact) mass is 407 g/mol. The molecule has 0 radical (unpaired) electrons. The van der Waals surface area contributed by atoms with E-state index >= 15 is 0 Å². The van der Waals surface area contributed by atoms with E-state index in [1.54, 1.807) is 36.4 Å². The Morgan fingerprint density at radius 2 is 1.83 bits per heavy atom. The molecule has 0 atom stereocenters. The van der Waals surface area contributed by atoms with Crippen molar-refractivity contribution < 1.29 is 17.9 Å². The van der Waals surface area contributed by atoms with Gasteiger partial charge in [-0.05, 0) is 51.8 Å². The van der Waals surface area contributed by atoms with Crippen molar-refractivity contribution in [3.05, 3.63) is 57.4 Å². The minimum Gasteiger partial charge on any atom is -0.493 e. The highest BCUT2D eigenvalue weighted by atomic mass is 79.9. The fourth-order valence-electron chi connectivity index (χ4n) is 2.07. The fraction of sp³-hybridized carbons (Fsp3) is 0.118. The maximum Gasteiger partial charge on any atom is 0.216 e. The Hall–Kier alpha value is -2.30. The smallest absolute Gasteiger partial charge is 0.216 e. The molecule has 0 bridgehead atoms. The van der Waals surface area contributed by atoms with Gasteiger partial charge in [0.25, 0.3) is 0 Å². The van der Waals surface area contributed by atoms with Gasteiger partial charge in [-0.3, -0.25) is 0 Å². The van der Waals surface area contributed by atoms with Crippen LogP contribution in [0.4, 0.5) is 0 Å². The van der Waals surface area contributed by atoms with Gasteiger partial charge in [0.15, 0.2) is 11.5 Å². The van der Waals surface area contributed by atoms with Crippen molar-refractivity contribution in [1.29, 1.82) is 5.26 Å². The average molecular weight is 408 g/mol. The molecular formula is C17H14BrNO4S. The van der Waals surface area contributed by atoms with Crippen LogP contribution in [-0.4, -0.2) is 22.6 Å². The number of nitriles is 1. The molecule has 2 rings (SSSR count). The zero-order valence-electron chi connectivity index (χ0n) is 13.0. The summed E-state index contributed by atoms with van der Waals surface area (Å²) in [7, 11) is -0.910. The molecule has 0 spiro atoms. The number of halogens is 1. The van der Waals surface area contributed by atoms with E-state index in [0.29, 0.717) is 21.5 Å². The fourth-order valence-corrected chi connectivity index (χ4v) is 3.87. The van der Waals surface area contributed by atoms with Crippen LogP contribution in [0.5, 0.6) is 11.5 Å². The number of rotatable bonds is 5. The van der Waals surface area contributed by atoms with Crippen LogP contribution < -0.4 is 9.47 Å². The third kappa shape index (κ3) is 3.61. The van der Waals surface area contributed by atoms with Gasteiger partial charge in [-0.1, -0.05) is 18.2 Å². The highest BCUT2D eigenvalue weighted by Crippen LogP contribution is 2.37. The quantitative estimate of drug-likeness (QED) is 0.704. The van der Waals surface area contributed by atoms with Gasteiger partial charge in [0, 0.05) is 0 Å². The molecule has 0 aliphatic carbocycles. The van der Waals surface area contributed by atoms with Gasteiger partial charge in [0.1, 0.15) is 11.0 Å². The first-order valence-corrected chi connectivity index (χ1v) is 9.05. The third-order valence-electron chi connectivity index (χ3n) is 3.21. The van der Waals surface area contributed by atoms with E-state index in [0.717, 1.165) is 0 Å². The lowest BCUT2D eigenvalue weighted by atomic mass is 10.2. The zero-order chi connectivity index (χ0) is 17.7. The Morgan fingerprint density at radius 1 is 1.17 bits per heavy atom. The van der Waals surface area contributed by atoms with Gasteiger partial charge in [0.2, 0.25) is 9.84 Å². The first-order chi connectivity index (χ1) is 11.4. The van der Waals surface area contributed by atoms with Crippen molar-refractivity contribution >= 4 is 31.8 Å². The first-order valence-electron chi connectivity index (χ1n) is 6.77. The van der Waals surface area contributed by atoms with Crippen molar-refractivity contribution in [2.24, 2.45) is 0 Å². The molecule has 0 amide bonds. The number of hydrogen-bond donors (Lipinski definition) is 0. The van der Waals surface area contributed by atoms with Crippen molar-refractivity contribution in [1.82, 2.24) is 0 Å². The lowest BCUT2D eigenvalue weighted by molar-refractivity contribution is 0.353. The largest absolute Gasteiger partial charge is 0.493 e. The van der Waals surface area contributed by atoms with Gasteiger partial charge in [-0.15, -0.1) is 0 Å². The number of ether oxygens (including phenoxy) is 2. The van der Waals surface area contributed by atoms with Crippen LogP contribution in [0.1, 0.15) is 5.56 Å². The average Bonchev–Trinajstić information content (AvgIpc) is 2.59. The molecule has 124 valence electrons. The van der Waals surface area contributed by atoms with Crippen molar-refractivity contribution in [3.8, 4) is 17.6 Å². The Balaban J connectivity index is 2.57. The van der Waals surface area contributed by atoms with Crippen LogP contribution in [-0.2, 0) is 9.84 Å². The number of allylic oxidation sites excluding steroid dienone is 1. The van der Waals surface area contributed by atoms with E-state index in [1.807, 2.05) is 0 Å². The van der Waals surface area contributed by atoms with E-state index in [4.69, 9.17) is 9.47 Å². The molecule has 0 fully saturated rings. The Morgan fingerprint density at radius 3 is 2.38 bits per heavy atom. The second kappa shape index (κ2) is 7.51. The SMILES string of the molecule is COc1cc(/C=C(\C#N)S(=O)(=O)c2ccccc2)cc(Br)c1OC. The van der Waals surface area contributed by atoms with E-state index in [-0.39, 0.29) is 9.80 Å². The second-order valence-corrected chi connectivity index (χ2v) is 7.45. The van der Waals surface area contributed by atoms with Gasteiger partial charge >= 0.3 is 0 Å². The molecule has 5 nitrogen and oxygen atoms in total. The summed E-state index contributed by atoms with van der Waals surface area (Å²) in [6, 6.07) is 12.8. The Labute approximate surface area is 149 Å². The van der Waals surface area contributed by atoms with Crippen LogP contribution >= 0.6 is 15.9 Å². The summed E-state index contributed by atoms with van der Waals surface area (Å²) < 4.78 is 36.2. The molecule has 0 heterocycles. The number of hydrogen-bond acceptors (Lipinski definition) is 5. The van der Waals surface area contributed by atoms with Gasteiger partial charge in [-0.25, -0.2) is 8.42 Å². The Bertz CT molecular complexity index is 916. The van der Waals surface area contributed by atoms with Crippen molar-refractivity contribution in [3.63, 3.8) is 0 Å². The van der Waals surface area contributed by atoms with Gasteiger partial charge < -0.3 is 9.47 Å². The molecule has 0 aromatic heterocycles. The van der Waals surface area contributed by atoms with Crippen molar-refractivity contribution in [2.75, 3.05) is 14.2 Å². The summed E-state index contributed by atoms with van der Waals surface area (Å²) in [5.74, 6) is 0.909. The molecule has 0 aliphatic rings. The predicted octanol–water partition coefficient (Wildman–Crippen LogP) is 3.80. The lowest BCUT2D eigenvalue weighted by Crippen LogP contribution is -2.03. The number of methoxy groups -OCH3 is 2. The number of nitrogens with zero attached hydrogens (tertiary/aromatic N) is 1. The summed E-state index contributed by atoms with van der Waals surface area (Å²) in [4.78, 5) is -0.287. The van der Waals surface area contributed by atoms with Crippen LogP contribution in [0.15, 0.2) is 56.7 Å². The summed E-state index contributed by atoms with van der Waals surface area (Å²) in [6.45, 7) is 0. The minimum absolute atomic E-state index is 0.0670. The highest BCUT2D eigenvalue weighted by Gasteiger charge is 2.21. The number of benzene rings is 2. The summed E-state index contributed by atoms with van der Waals surface area (Å²) in [5.41, 5.74) is 0.496. The molecule has 24 heavy (non-hydrogen) atoms. The standard InChI is InChI=1S/C17H14BrNO4S/c1-22-16-10-12(9-15(18)17(16)23-2)8-14(11-19)24(20,21)13-6-4-3-5-7-13/h3-10H,1-2H3/b14-8+. The molecule has 0 saturated carbocycles. The second-order valence-electron chi connectivity index (χ2n) is 4.68. The van der Waals surface area contributed by atoms with Gasteiger partial charge in [0.05, 0.1) is 23.6 Å². The van der Waals surface area contributed by atoms with Gasteiger partial charge in [-0.2, -0.15) is 5.26 Å². The molecule has 2 aromatic rings. The molecule has 0 N–H and O–H groups in total. The van der Waals surface area contributed by atoms with E-state index in [2.05, 4.69) is 15.9 Å². The molecule has 2 aromatic carbocycles. The summed E-state index contributed by atoms with van der Waals surface area (Å²) in [6.07, 6.45) is 1.30. The third-order valence-corrected chi connectivity index (χ3v) is 5.48. The topological polar surface area (TPSA) is 76.4 Å². The Kier molecular flexibility index (Phi) is 5.65. The normalized spacial score (nSPS) is 11.7. The molecule has 0 saturated heterocycles. The maximum absolute atomic E-state index is 12.6. The van der Waals surface area contributed by atoms with E-state index in [9.17, 15) is 13.7 Å². The molecular weight excluding hydrogens is 394 g/mol. The van der Waals surface area contributed by atoms with Crippen molar-refractivity contribution in [2.45, 2.75) is 4.90 Å². The zero-order valence-corrected chi connectivity index (χ0v) is 15.4. The number of sulfone groups is 1. The molecule has 7 heteroatoms. The van der Waals surface area contributed by atoms with Crippen LogP contribution in [0.2, 0.25) is 0 Å². The molecule has 0 unspecified atom stereocenters. The van der Waals surface area contributed by atoms with Crippen LogP contribution in [0.3, 0.4) is 0 Å². The summed E-state index contributed by atoms with van der Waals surface area (Å²) in [5, 5.41) is 9.32.